The zero-order valence-electron chi connectivity index (χ0n) is 16.1. The Bertz CT molecular complexity index is 1720. The number of rotatable bonds is 0. The standard InChI is InChI=1S/C21H5N11/c1-2-3-4-10-11(5-22)28-17-16(27-10)18-20(31-13(7-24)12(6-23)29-18)21-19(17)30-14(8-25)15(9-26)32-21/h2H2,1H3. The van der Waals surface area contributed by atoms with Crippen LogP contribution in [-0.4, -0.2) is 29.9 Å². The van der Waals surface area contributed by atoms with Crippen LogP contribution >= 0.6 is 0 Å². The summed E-state index contributed by atoms with van der Waals surface area (Å²) >= 11 is 0. The maximum atomic E-state index is 9.54. The monoisotopic (exact) mass is 411 g/mol. The number of aromatic nitrogens is 6. The molecule has 4 rings (SSSR count). The Labute approximate surface area is 179 Å². The SMILES string of the molecule is CCC#Cc1nc2c3nc(C#N)c(C#N)nc3c3nc(C#N)c(C#N)nc3c2nc1C#N. The number of fused-ring (bicyclic) bond motifs is 6. The van der Waals surface area contributed by atoms with E-state index in [0.29, 0.717) is 6.42 Å². The van der Waals surface area contributed by atoms with Crippen molar-refractivity contribution in [2.45, 2.75) is 13.3 Å². The number of hydrogen-bond acceptors (Lipinski definition) is 11. The van der Waals surface area contributed by atoms with Crippen molar-refractivity contribution in [1.82, 2.24) is 29.9 Å². The van der Waals surface area contributed by atoms with Gasteiger partial charge in [0.05, 0.1) is 0 Å². The Balaban J connectivity index is 2.37. The van der Waals surface area contributed by atoms with Crippen molar-refractivity contribution < 1.29 is 0 Å². The van der Waals surface area contributed by atoms with Crippen LogP contribution in [0.25, 0.3) is 33.1 Å². The zero-order chi connectivity index (χ0) is 22.8. The second kappa shape index (κ2) is 7.58. The van der Waals surface area contributed by atoms with Gasteiger partial charge in [-0.05, 0) is 5.92 Å². The van der Waals surface area contributed by atoms with E-state index in [9.17, 15) is 26.3 Å². The maximum Gasteiger partial charge on any atom is 0.177 e. The topological polar surface area (TPSA) is 196 Å². The molecule has 0 radical (unpaired) electrons. The van der Waals surface area contributed by atoms with Crippen LogP contribution in [0.15, 0.2) is 0 Å². The molecule has 0 aliphatic rings. The molecule has 0 saturated heterocycles. The molecular weight excluding hydrogens is 406 g/mol. The molecule has 0 amide bonds. The molecule has 0 aliphatic heterocycles. The van der Waals surface area contributed by atoms with Gasteiger partial charge in [0.15, 0.2) is 34.2 Å². The van der Waals surface area contributed by atoms with Gasteiger partial charge in [-0.25, -0.2) is 29.9 Å². The van der Waals surface area contributed by atoms with E-state index in [2.05, 4.69) is 41.7 Å². The molecule has 3 aromatic heterocycles. The molecule has 0 spiro atoms. The van der Waals surface area contributed by atoms with E-state index in [1.165, 1.54) is 0 Å². The fourth-order valence-corrected chi connectivity index (χ4v) is 2.95. The Kier molecular flexibility index (Phi) is 4.64. The average Bonchev–Trinajstić information content (AvgIpc) is 2.85. The lowest BCUT2D eigenvalue weighted by Crippen LogP contribution is -2.05. The highest BCUT2D eigenvalue weighted by Gasteiger charge is 2.22. The van der Waals surface area contributed by atoms with Crippen LogP contribution < -0.4 is 0 Å². The number of nitriles is 5. The quantitative estimate of drug-likeness (QED) is 0.301. The van der Waals surface area contributed by atoms with E-state index in [0.717, 1.165) is 0 Å². The molecule has 0 atom stereocenters. The lowest BCUT2D eigenvalue weighted by atomic mass is 10.1. The first kappa shape index (κ1) is 19.6. The largest absolute Gasteiger partial charge is 0.232 e. The summed E-state index contributed by atoms with van der Waals surface area (Å²) in [5, 5.41) is 47.0. The van der Waals surface area contributed by atoms with Crippen LogP contribution in [0.1, 0.15) is 47.5 Å². The molecule has 11 heteroatoms. The third-order valence-corrected chi connectivity index (χ3v) is 4.27. The summed E-state index contributed by atoms with van der Waals surface area (Å²) < 4.78 is 0. The first-order valence-corrected chi connectivity index (χ1v) is 8.86. The fourth-order valence-electron chi connectivity index (χ4n) is 2.95. The normalized spacial score (nSPS) is 9.75. The molecular formula is C21H5N11. The Morgan fingerprint density at radius 2 is 0.719 bits per heavy atom. The summed E-state index contributed by atoms with van der Waals surface area (Å²) in [5.41, 5.74) is -0.611. The van der Waals surface area contributed by atoms with Gasteiger partial charge >= 0.3 is 0 Å². The van der Waals surface area contributed by atoms with E-state index >= 15 is 0 Å². The van der Waals surface area contributed by atoms with Gasteiger partial charge in [-0.3, -0.25) is 0 Å². The molecule has 1 aromatic carbocycles. The third kappa shape index (κ3) is 2.81. The molecule has 0 unspecified atom stereocenters. The predicted molar refractivity (Wildman–Crippen MR) is 106 cm³/mol. The third-order valence-electron chi connectivity index (χ3n) is 4.27. The highest BCUT2D eigenvalue weighted by atomic mass is 14.9. The van der Waals surface area contributed by atoms with E-state index in [4.69, 9.17) is 0 Å². The van der Waals surface area contributed by atoms with E-state index in [1.807, 2.05) is 19.1 Å². The van der Waals surface area contributed by atoms with Gasteiger partial charge in [-0.15, -0.1) is 0 Å². The van der Waals surface area contributed by atoms with Crippen LogP contribution in [0.2, 0.25) is 0 Å². The lowest BCUT2D eigenvalue weighted by molar-refractivity contribution is 1.16. The Hall–Kier alpha value is -5.75. The fraction of sp³-hybridized carbons (Fsp3) is 0.0952. The Morgan fingerprint density at radius 1 is 0.469 bits per heavy atom. The molecule has 144 valence electrons. The lowest BCUT2D eigenvalue weighted by Gasteiger charge is -2.09. The summed E-state index contributed by atoms with van der Waals surface area (Å²) in [6.45, 7) is 1.83. The van der Waals surface area contributed by atoms with Gasteiger partial charge < -0.3 is 0 Å². The minimum Gasteiger partial charge on any atom is -0.232 e. The summed E-state index contributed by atoms with van der Waals surface area (Å²) in [5.74, 6) is 5.59. The van der Waals surface area contributed by atoms with Crippen LogP contribution in [0.4, 0.5) is 0 Å². The molecule has 0 N–H and O–H groups in total. The summed E-state index contributed by atoms with van der Waals surface area (Å²) in [4.78, 5) is 25.5. The van der Waals surface area contributed by atoms with Gasteiger partial charge in [0.2, 0.25) is 0 Å². The molecule has 0 saturated carbocycles. The maximum absolute atomic E-state index is 9.54. The van der Waals surface area contributed by atoms with Crippen LogP contribution in [-0.2, 0) is 0 Å². The molecule has 0 bridgehead atoms. The van der Waals surface area contributed by atoms with Crippen molar-refractivity contribution in [3.05, 3.63) is 34.2 Å². The van der Waals surface area contributed by atoms with Gasteiger partial charge in [-0.1, -0.05) is 12.8 Å². The van der Waals surface area contributed by atoms with Crippen molar-refractivity contribution in [2.75, 3.05) is 0 Å². The van der Waals surface area contributed by atoms with Crippen LogP contribution in [0, 0.1) is 68.5 Å². The van der Waals surface area contributed by atoms with Gasteiger partial charge in [-0.2, -0.15) is 26.3 Å². The molecule has 0 fully saturated rings. The summed E-state index contributed by atoms with van der Waals surface area (Å²) in [6.07, 6.45) is 0.515. The van der Waals surface area contributed by atoms with Gasteiger partial charge in [0.25, 0.3) is 0 Å². The van der Waals surface area contributed by atoms with Crippen LogP contribution in [0.3, 0.4) is 0 Å². The minimum absolute atomic E-state index is 0.0297. The number of nitrogens with zero attached hydrogens (tertiary/aromatic N) is 11. The second-order valence-electron chi connectivity index (χ2n) is 6.07. The molecule has 0 aliphatic carbocycles. The smallest absolute Gasteiger partial charge is 0.177 e. The van der Waals surface area contributed by atoms with Crippen molar-refractivity contribution in [3.63, 3.8) is 0 Å². The van der Waals surface area contributed by atoms with Gasteiger partial charge in [0.1, 0.15) is 63.4 Å². The number of hydrogen-bond donors (Lipinski definition) is 0. The van der Waals surface area contributed by atoms with E-state index in [1.54, 1.807) is 18.2 Å². The average molecular weight is 411 g/mol. The Morgan fingerprint density at radius 3 is 0.969 bits per heavy atom. The predicted octanol–water partition coefficient (Wildman–Crippen LogP) is 1.64. The van der Waals surface area contributed by atoms with Crippen molar-refractivity contribution >= 4 is 33.1 Å². The van der Waals surface area contributed by atoms with Crippen LogP contribution in [0.5, 0.6) is 0 Å². The highest BCUT2D eigenvalue weighted by Crippen LogP contribution is 2.31. The molecule has 4 aromatic rings. The minimum atomic E-state index is -0.260. The zero-order valence-corrected chi connectivity index (χ0v) is 16.1. The summed E-state index contributed by atoms with van der Waals surface area (Å²) in [7, 11) is 0. The van der Waals surface area contributed by atoms with E-state index < -0.39 is 0 Å². The molecule has 32 heavy (non-hydrogen) atoms. The molecule has 11 nitrogen and oxygen atoms in total. The summed E-state index contributed by atoms with van der Waals surface area (Å²) in [6, 6.07) is 9.12. The van der Waals surface area contributed by atoms with Gasteiger partial charge in [0, 0.05) is 6.42 Å². The first-order chi connectivity index (χ1) is 15.6. The van der Waals surface area contributed by atoms with Crippen molar-refractivity contribution in [3.8, 4) is 42.2 Å². The van der Waals surface area contributed by atoms with Crippen molar-refractivity contribution in [2.24, 2.45) is 0 Å². The second-order valence-corrected chi connectivity index (χ2v) is 6.07. The molecule has 3 heterocycles. The highest BCUT2D eigenvalue weighted by molar-refractivity contribution is 6.18. The van der Waals surface area contributed by atoms with Crippen molar-refractivity contribution in [1.29, 1.82) is 26.3 Å². The number of benzene rings is 1. The van der Waals surface area contributed by atoms with E-state index in [-0.39, 0.29) is 67.3 Å². The first-order valence-electron chi connectivity index (χ1n) is 8.86.